The SMILES string of the molecule is COc1ccc(-c2ccc(C#N)cc2)c(F)c1. The van der Waals surface area contributed by atoms with Gasteiger partial charge in [0, 0.05) is 11.6 Å². The number of methoxy groups -OCH3 is 1. The molecule has 0 aliphatic heterocycles. The molecule has 2 nitrogen and oxygen atoms in total. The van der Waals surface area contributed by atoms with Crippen LogP contribution < -0.4 is 4.74 Å². The molecule has 0 aliphatic carbocycles. The van der Waals surface area contributed by atoms with Gasteiger partial charge in [0.15, 0.2) is 0 Å². The van der Waals surface area contributed by atoms with Crippen molar-refractivity contribution in [2.75, 3.05) is 7.11 Å². The Morgan fingerprint density at radius 3 is 2.35 bits per heavy atom. The molecule has 0 N–H and O–H groups in total. The Hall–Kier alpha value is -2.34. The Morgan fingerprint density at radius 1 is 1.12 bits per heavy atom. The lowest BCUT2D eigenvalue weighted by atomic mass is 10.0. The van der Waals surface area contributed by atoms with Gasteiger partial charge in [0.05, 0.1) is 18.7 Å². The maximum atomic E-state index is 13.8. The second-order valence-corrected chi connectivity index (χ2v) is 3.53. The Morgan fingerprint density at radius 2 is 1.82 bits per heavy atom. The van der Waals surface area contributed by atoms with Crippen molar-refractivity contribution in [3.05, 3.63) is 53.8 Å². The van der Waals surface area contributed by atoms with Gasteiger partial charge in [-0.15, -0.1) is 0 Å². The maximum absolute atomic E-state index is 13.8. The third-order valence-corrected chi connectivity index (χ3v) is 2.50. The monoisotopic (exact) mass is 227 g/mol. The molecular formula is C14H10FNO. The molecule has 0 saturated carbocycles. The van der Waals surface area contributed by atoms with Crippen molar-refractivity contribution in [2.45, 2.75) is 0 Å². The molecule has 0 aliphatic rings. The van der Waals surface area contributed by atoms with Crippen LogP contribution in [-0.2, 0) is 0 Å². The largest absolute Gasteiger partial charge is 0.497 e. The molecule has 0 fully saturated rings. The zero-order chi connectivity index (χ0) is 12.3. The van der Waals surface area contributed by atoms with E-state index in [9.17, 15) is 4.39 Å². The van der Waals surface area contributed by atoms with E-state index in [1.807, 2.05) is 6.07 Å². The summed E-state index contributed by atoms with van der Waals surface area (Å²) >= 11 is 0. The Bertz CT molecular complexity index is 570. The Labute approximate surface area is 98.9 Å². The van der Waals surface area contributed by atoms with E-state index in [1.54, 1.807) is 36.4 Å². The molecule has 0 heterocycles. The molecule has 0 radical (unpaired) electrons. The normalized spacial score (nSPS) is 9.71. The first-order chi connectivity index (χ1) is 8.24. The summed E-state index contributed by atoms with van der Waals surface area (Å²) in [7, 11) is 1.50. The summed E-state index contributed by atoms with van der Waals surface area (Å²) in [6.45, 7) is 0. The van der Waals surface area contributed by atoms with Gasteiger partial charge in [-0.05, 0) is 29.8 Å². The highest BCUT2D eigenvalue weighted by Crippen LogP contribution is 2.26. The van der Waals surface area contributed by atoms with Crippen LogP contribution in [0.15, 0.2) is 42.5 Å². The van der Waals surface area contributed by atoms with Crippen LogP contribution in [0.25, 0.3) is 11.1 Å². The minimum absolute atomic E-state index is 0.339. The van der Waals surface area contributed by atoms with Crippen molar-refractivity contribution in [2.24, 2.45) is 0 Å². The van der Waals surface area contributed by atoms with Crippen LogP contribution in [0, 0.1) is 17.1 Å². The predicted octanol–water partition coefficient (Wildman–Crippen LogP) is 3.37. The number of hydrogen-bond acceptors (Lipinski definition) is 2. The molecule has 17 heavy (non-hydrogen) atoms. The van der Waals surface area contributed by atoms with Crippen LogP contribution in [0.2, 0.25) is 0 Å². The number of nitrogens with zero attached hydrogens (tertiary/aromatic N) is 1. The second-order valence-electron chi connectivity index (χ2n) is 3.53. The van der Waals surface area contributed by atoms with Crippen molar-refractivity contribution >= 4 is 0 Å². The van der Waals surface area contributed by atoms with Gasteiger partial charge in [0.2, 0.25) is 0 Å². The third kappa shape index (κ3) is 2.26. The fraction of sp³-hybridized carbons (Fsp3) is 0.0714. The number of halogens is 1. The molecule has 2 rings (SSSR count). The molecule has 0 amide bonds. The molecule has 2 aromatic carbocycles. The smallest absolute Gasteiger partial charge is 0.134 e. The molecule has 0 unspecified atom stereocenters. The molecule has 84 valence electrons. The molecule has 0 spiro atoms. The van der Waals surface area contributed by atoms with Crippen LogP contribution >= 0.6 is 0 Å². The van der Waals surface area contributed by atoms with E-state index in [2.05, 4.69) is 0 Å². The van der Waals surface area contributed by atoms with Crippen molar-refractivity contribution < 1.29 is 9.13 Å². The van der Waals surface area contributed by atoms with E-state index in [0.29, 0.717) is 16.9 Å². The highest BCUT2D eigenvalue weighted by Gasteiger charge is 2.06. The third-order valence-electron chi connectivity index (χ3n) is 2.50. The molecule has 0 bridgehead atoms. The molecular weight excluding hydrogens is 217 g/mol. The van der Waals surface area contributed by atoms with Gasteiger partial charge in [0.25, 0.3) is 0 Å². The summed E-state index contributed by atoms with van der Waals surface area (Å²) in [5, 5.41) is 8.68. The summed E-state index contributed by atoms with van der Waals surface area (Å²) in [6, 6.07) is 13.5. The number of nitriles is 1. The zero-order valence-corrected chi connectivity index (χ0v) is 9.27. The second kappa shape index (κ2) is 4.67. The van der Waals surface area contributed by atoms with Crippen molar-refractivity contribution in [3.63, 3.8) is 0 Å². The van der Waals surface area contributed by atoms with Gasteiger partial charge in [-0.3, -0.25) is 0 Å². The minimum atomic E-state index is -0.339. The Kier molecular flexibility index (Phi) is 3.06. The summed E-state index contributed by atoms with van der Waals surface area (Å²) in [5.41, 5.74) is 1.79. The fourth-order valence-electron chi connectivity index (χ4n) is 1.58. The Balaban J connectivity index is 2.42. The van der Waals surface area contributed by atoms with Crippen molar-refractivity contribution in [1.82, 2.24) is 0 Å². The van der Waals surface area contributed by atoms with Gasteiger partial charge in [-0.25, -0.2) is 4.39 Å². The van der Waals surface area contributed by atoms with Gasteiger partial charge in [-0.1, -0.05) is 12.1 Å². The van der Waals surface area contributed by atoms with Gasteiger partial charge < -0.3 is 4.74 Å². The topological polar surface area (TPSA) is 33.0 Å². The average Bonchev–Trinajstić information content (AvgIpc) is 2.39. The van der Waals surface area contributed by atoms with E-state index in [-0.39, 0.29) is 5.82 Å². The summed E-state index contributed by atoms with van der Waals surface area (Å²) < 4.78 is 18.7. The highest BCUT2D eigenvalue weighted by atomic mass is 19.1. The van der Waals surface area contributed by atoms with Crippen LogP contribution in [-0.4, -0.2) is 7.11 Å². The lowest BCUT2D eigenvalue weighted by molar-refractivity contribution is 0.411. The highest BCUT2D eigenvalue weighted by molar-refractivity contribution is 5.65. The van der Waals surface area contributed by atoms with Crippen LogP contribution in [0.5, 0.6) is 5.75 Å². The summed E-state index contributed by atoms with van der Waals surface area (Å²) in [5.74, 6) is 0.147. The fourth-order valence-corrected chi connectivity index (χ4v) is 1.58. The first-order valence-corrected chi connectivity index (χ1v) is 5.08. The van der Waals surface area contributed by atoms with E-state index in [4.69, 9.17) is 10.00 Å². The predicted molar refractivity (Wildman–Crippen MR) is 63.1 cm³/mol. The van der Waals surface area contributed by atoms with Crippen molar-refractivity contribution in [1.29, 1.82) is 5.26 Å². The minimum Gasteiger partial charge on any atom is -0.497 e. The lowest BCUT2D eigenvalue weighted by Gasteiger charge is -2.05. The van der Waals surface area contributed by atoms with E-state index < -0.39 is 0 Å². The zero-order valence-electron chi connectivity index (χ0n) is 9.27. The van der Waals surface area contributed by atoms with Gasteiger partial charge >= 0.3 is 0 Å². The molecule has 2 aromatic rings. The average molecular weight is 227 g/mol. The molecule has 0 aromatic heterocycles. The summed E-state index contributed by atoms with van der Waals surface area (Å²) in [4.78, 5) is 0. The van der Waals surface area contributed by atoms with Gasteiger partial charge in [0.1, 0.15) is 11.6 Å². The van der Waals surface area contributed by atoms with Crippen molar-refractivity contribution in [3.8, 4) is 22.9 Å². The number of benzene rings is 2. The lowest BCUT2D eigenvalue weighted by Crippen LogP contribution is -1.88. The molecule has 3 heteroatoms. The molecule has 0 saturated heterocycles. The molecule has 0 atom stereocenters. The number of hydrogen-bond donors (Lipinski definition) is 0. The summed E-state index contributed by atoms with van der Waals surface area (Å²) in [6.07, 6.45) is 0. The first-order valence-electron chi connectivity index (χ1n) is 5.08. The number of rotatable bonds is 2. The van der Waals surface area contributed by atoms with Gasteiger partial charge in [-0.2, -0.15) is 5.26 Å². The van der Waals surface area contributed by atoms with Crippen LogP contribution in [0.4, 0.5) is 4.39 Å². The number of ether oxygens (including phenoxy) is 1. The van der Waals surface area contributed by atoms with Crippen LogP contribution in [0.1, 0.15) is 5.56 Å². The maximum Gasteiger partial charge on any atom is 0.134 e. The standard InChI is InChI=1S/C14H10FNO/c1-17-12-6-7-13(14(15)8-12)11-4-2-10(9-16)3-5-11/h2-8H,1H3. The van der Waals surface area contributed by atoms with Crippen LogP contribution in [0.3, 0.4) is 0 Å². The first kappa shape index (κ1) is 11.2. The van der Waals surface area contributed by atoms with E-state index >= 15 is 0 Å². The quantitative estimate of drug-likeness (QED) is 0.788. The van der Waals surface area contributed by atoms with E-state index in [0.717, 1.165) is 5.56 Å². The van der Waals surface area contributed by atoms with E-state index in [1.165, 1.54) is 13.2 Å².